The van der Waals surface area contributed by atoms with Crippen molar-refractivity contribution in [2.24, 2.45) is 5.92 Å². The third-order valence-corrected chi connectivity index (χ3v) is 7.92. The summed E-state index contributed by atoms with van der Waals surface area (Å²) >= 11 is 0. The Labute approximate surface area is 201 Å². The van der Waals surface area contributed by atoms with Gasteiger partial charge in [0, 0.05) is 19.3 Å². The molecule has 2 aliphatic rings. The number of benzene rings is 2. The van der Waals surface area contributed by atoms with Crippen LogP contribution in [0.25, 0.3) is 0 Å². The van der Waals surface area contributed by atoms with Gasteiger partial charge in [-0.15, -0.1) is 0 Å². The van der Waals surface area contributed by atoms with E-state index < -0.39 is 6.10 Å². The smallest absolute Gasteiger partial charge is 0.317 e. The molecule has 2 saturated heterocycles. The number of carbonyl (C=O) groups is 1. The number of rotatable bonds is 9. The second-order valence-electron chi connectivity index (χ2n) is 9.89. The molecule has 2 fully saturated rings. The maximum atomic E-state index is 13.7. The SMILES string of the molecule is CCCC[N@@+]1(C)C2CCC1[C@@H](C(=O)OCC)[C@H](OC(c1ccc(F)cc1)c1ccc(F)cc1)C2. The fourth-order valence-corrected chi connectivity index (χ4v) is 6.13. The van der Waals surface area contributed by atoms with Crippen molar-refractivity contribution in [1.82, 2.24) is 0 Å². The second-order valence-corrected chi connectivity index (χ2v) is 9.89. The molecule has 2 unspecified atom stereocenters. The second kappa shape index (κ2) is 10.5. The number of quaternary nitrogens is 1. The van der Waals surface area contributed by atoms with Gasteiger partial charge in [-0.2, -0.15) is 0 Å². The van der Waals surface area contributed by atoms with Gasteiger partial charge in [-0.3, -0.25) is 4.79 Å². The topological polar surface area (TPSA) is 35.5 Å². The summed E-state index contributed by atoms with van der Waals surface area (Å²) in [6, 6.07) is 13.0. The van der Waals surface area contributed by atoms with Gasteiger partial charge in [-0.05, 0) is 48.7 Å². The maximum absolute atomic E-state index is 13.7. The largest absolute Gasteiger partial charge is 0.466 e. The first-order valence-corrected chi connectivity index (χ1v) is 12.5. The van der Waals surface area contributed by atoms with E-state index in [1.54, 1.807) is 24.3 Å². The lowest BCUT2D eigenvalue weighted by molar-refractivity contribution is -0.952. The highest BCUT2D eigenvalue weighted by atomic mass is 19.1. The number of carbonyl (C=O) groups excluding carboxylic acids is 1. The Hall–Kier alpha value is -2.31. The van der Waals surface area contributed by atoms with Gasteiger partial charge in [0.1, 0.15) is 29.7 Å². The molecule has 0 N–H and O–H groups in total. The van der Waals surface area contributed by atoms with Crippen molar-refractivity contribution < 1.29 is 27.5 Å². The van der Waals surface area contributed by atoms with Crippen LogP contribution in [0.5, 0.6) is 0 Å². The third kappa shape index (κ3) is 4.89. The standard InChI is InChI=1S/C28H36F2NO3/c1-4-6-17-31(3)23-15-16-24(31)26(28(32)33-5-2)25(18-23)34-27(19-7-11-21(29)12-8-19)20-9-13-22(30)14-10-20/h7-14,23-27H,4-6,15-18H2,1-3H3/q+1/t23?,24?,25-,26-,31+/m1/s1. The van der Waals surface area contributed by atoms with Crippen LogP contribution in [-0.2, 0) is 14.3 Å². The molecule has 0 saturated carbocycles. The first-order valence-electron chi connectivity index (χ1n) is 12.5. The van der Waals surface area contributed by atoms with Crippen LogP contribution >= 0.6 is 0 Å². The number of piperidine rings is 1. The summed E-state index contributed by atoms with van der Waals surface area (Å²) in [6.45, 7) is 5.41. The Kier molecular flexibility index (Phi) is 7.68. The van der Waals surface area contributed by atoms with Crippen LogP contribution in [0.4, 0.5) is 8.78 Å². The van der Waals surface area contributed by atoms with E-state index in [1.165, 1.54) is 24.3 Å². The zero-order valence-electron chi connectivity index (χ0n) is 20.4. The highest BCUT2D eigenvalue weighted by Crippen LogP contribution is 2.47. The fraction of sp³-hybridized carbons (Fsp3) is 0.536. The van der Waals surface area contributed by atoms with Crippen molar-refractivity contribution in [3.8, 4) is 0 Å². The van der Waals surface area contributed by atoms with Crippen molar-refractivity contribution in [1.29, 1.82) is 0 Å². The lowest BCUT2D eigenvalue weighted by atomic mass is 9.84. The predicted molar refractivity (Wildman–Crippen MR) is 127 cm³/mol. The highest BCUT2D eigenvalue weighted by molar-refractivity contribution is 5.74. The molecular weight excluding hydrogens is 436 g/mol. The minimum atomic E-state index is -0.532. The summed E-state index contributed by atoms with van der Waals surface area (Å²) in [6.07, 6.45) is 4.19. The van der Waals surface area contributed by atoms with Gasteiger partial charge in [-0.1, -0.05) is 37.6 Å². The van der Waals surface area contributed by atoms with E-state index in [-0.39, 0.29) is 35.7 Å². The van der Waals surface area contributed by atoms with Crippen LogP contribution in [0.1, 0.15) is 63.2 Å². The van der Waals surface area contributed by atoms with Crippen LogP contribution in [0.3, 0.4) is 0 Å². The Morgan fingerprint density at radius 3 is 2.12 bits per heavy atom. The monoisotopic (exact) mass is 472 g/mol. The Balaban J connectivity index is 1.68. The summed E-state index contributed by atoms with van der Waals surface area (Å²) < 4.78 is 40.5. The summed E-state index contributed by atoms with van der Waals surface area (Å²) in [5, 5.41) is 0. The zero-order valence-corrected chi connectivity index (χ0v) is 20.4. The number of hydrogen-bond donors (Lipinski definition) is 0. The molecule has 0 aromatic heterocycles. The van der Waals surface area contributed by atoms with Gasteiger partial charge in [0.15, 0.2) is 0 Å². The molecule has 2 heterocycles. The Bertz CT molecular complexity index is 919. The number of hydrogen-bond acceptors (Lipinski definition) is 3. The van der Waals surface area contributed by atoms with E-state index in [1.807, 2.05) is 6.92 Å². The molecule has 184 valence electrons. The van der Waals surface area contributed by atoms with Crippen molar-refractivity contribution in [3.63, 3.8) is 0 Å². The van der Waals surface area contributed by atoms with E-state index >= 15 is 0 Å². The summed E-state index contributed by atoms with van der Waals surface area (Å²) in [7, 11) is 2.29. The van der Waals surface area contributed by atoms with E-state index in [2.05, 4.69) is 14.0 Å². The minimum absolute atomic E-state index is 0.149. The van der Waals surface area contributed by atoms with Gasteiger partial charge in [0.25, 0.3) is 0 Å². The van der Waals surface area contributed by atoms with Gasteiger partial charge < -0.3 is 14.0 Å². The Morgan fingerprint density at radius 1 is 1.00 bits per heavy atom. The third-order valence-electron chi connectivity index (χ3n) is 7.92. The van der Waals surface area contributed by atoms with E-state index in [0.717, 1.165) is 54.3 Å². The van der Waals surface area contributed by atoms with Crippen LogP contribution < -0.4 is 0 Å². The molecule has 0 spiro atoms. The molecule has 5 atom stereocenters. The average molecular weight is 473 g/mol. The quantitative estimate of drug-likeness (QED) is 0.342. The number of unbranched alkanes of at least 4 members (excludes halogenated alkanes) is 1. The van der Waals surface area contributed by atoms with Gasteiger partial charge >= 0.3 is 5.97 Å². The van der Waals surface area contributed by atoms with Crippen molar-refractivity contribution in [3.05, 3.63) is 71.3 Å². The first-order chi connectivity index (χ1) is 16.4. The number of halogens is 2. The van der Waals surface area contributed by atoms with Crippen molar-refractivity contribution >= 4 is 5.97 Å². The molecule has 0 aliphatic carbocycles. The average Bonchev–Trinajstić information content (AvgIpc) is 3.00. The number of nitrogens with zero attached hydrogens (tertiary/aromatic N) is 1. The minimum Gasteiger partial charge on any atom is -0.466 e. The predicted octanol–water partition coefficient (Wildman–Crippen LogP) is 5.80. The molecule has 4 nitrogen and oxygen atoms in total. The van der Waals surface area contributed by atoms with Crippen LogP contribution in [0.15, 0.2) is 48.5 Å². The number of fused-ring (bicyclic) bond motifs is 2. The highest BCUT2D eigenvalue weighted by Gasteiger charge is 2.59. The molecule has 34 heavy (non-hydrogen) atoms. The maximum Gasteiger partial charge on any atom is 0.317 e. The molecule has 0 radical (unpaired) electrons. The van der Waals surface area contributed by atoms with Gasteiger partial charge in [-0.25, -0.2) is 8.78 Å². The number of ether oxygens (including phenoxy) is 2. The molecule has 4 rings (SSSR count). The van der Waals surface area contributed by atoms with E-state index in [4.69, 9.17) is 9.47 Å². The van der Waals surface area contributed by atoms with Gasteiger partial charge in [0.2, 0.25) is 0 Å². The molecule has 0 amide bonds. The van der Waals surface area contributed by atoms with Crippen LogP contribution in [-0.4, -0.2) is 48.8 Å². The fourth-order valence-electron chi connectivity index (χ4n) is 6.13. The first kappa shape index (κ1) is 24.8. The van der Waals surface area contributed by atoms with Crippen molar-refractivity contribution in [2.45, 2.75) is 70.2 Å². The molecular formula is C28H36F2NO3+. The van der Waals surface area contributed by atoms with Crippen molar-refractivity contribution in [2.75, 3.05) is 20.2 Å². The zero-order chi connectivity index (χ0) is 24.3. The van der Waals surface area contributed by atoms with Crippen LogP contribution in [0, 0.1) is 17.6 Å². The number of esters is 1. The molecule has 2 aromatic carbocycles. The molecule has 2 bridgehead atoms. The summed E-state index contributed by atoms with van der Waals surface area (Å²) in [5.41, 5.74) is 1.55. The molecule has 2 aromatic rings. The van der Waals surface area contributed by atoms with E-state index in [9.17, 15) is 13.6 Å². The molecule has 6 heteroatoms. The summed E-state index contributed by atoms with van der Waals surface area (Å²) in [4.78, 5) is 13.3. The Morgan fingerprint density at radius 2 is 1.59 bits per heavy atom. The van der Waals surface area contributed by atoms with E-state index in [0.29, 0.717) is 12.6 Å². The normalized spacial score (nSPS) is 28.3. The summed E-state index contributed by atoms with van der Waals surface area (Å²) in [5.74, 6) is -1.23. The molecule has 2 aliphatic heterocycles. The van der Waals surface area contributed by atoms with Crippen LogP contribution in [0.2, 0.25) is 0 Å². The van der Waals surface area contributed by atoms with Gasteiger partial charge in [0.05, 0.1) is 32.3 Å². The lowest BCUT2D eigenvalue weighted by Gasteiger charge is -2.50. The lowest BCUT2D eigenvalue weighted by Crippen LogP contribution is -2.65.